The average molecular weight is 367 g/mol. The molecule has 0 spiro atoms. The Morgan fingerprint density at radius 1 is 1.19 bits per heavy atom. The highest BCUT2D eigenvalue weighted by Gasteiger charge is 2.24. The van der Waals surface area contributed by atoms with Gasteiger partial charge in [-0.05, 0) is 25.0 Å². The Hall–Kier alpha value is -3.40. The predicted molar refractivity (Wildman–Crippen MR) is 100 cm³/mol. The number of para-hydroxylation sites is 2. The summed E-state index contributed by atoms with van der Waals surface area (Å²) in [5.41, 5.74) is 0.893. The lowest BCUT2D eigenvalue weighted by atomic mass is 10.1. The molecule has 0 fully saturated rings. The highest BCUT2D eigenvalue weighted by atomic mass is 16.6. The molecule has 2 aromatic carbocycles. The van der Waals surface area contributed by atoms with E-state index in [0.717, 1.165) is 5.56 Å². The number of nitro groups is 1. The summed E-state index contributed by atoms with van der Waals surface area (Å²) < 4.78 is 5.57. The maximum Gasteiger partial charge on any atom is 0.310 e. The van der Waals surface area contributed by atoms with Crippen LogP contribution in [0.15, 0.2) is 54.6 Å². The number of nitrogens with zero attached hydrogens (tertiary/aromatic N) is 3. The van der Waals surface area contributed by atoms with Crippen molar-refractivity contribution < 1.29 is 14.5 Å². The van der Waals surface area contributed by atoms with E-state index < -0.39 is 11.0 Å². The summed E-state index contributed by atoms with van der Waals surface area (Å²) in [7, 11) is 0. The van der Waals surface area contributed by atoms with Gasteiger partial charge in [-0.3, -0.25) is 14.9 Å². The van der Waals surface area contributed by atoms with Crippen molar-refractivity contribution in [3.63, 3.8) is 0 Å². The van der Waals surface area contributed by atoms with Gasteiger partial charge in [0.2, 0.25) is 0 Å². The van der Waals surface area contributed by atoms with Crippen LogP contribution in [-0.2, 0) is 11.2 Å². The number of hydrogen-bond donors (Lipinski definition) is 0. The van der Waals surface area contributed by atoms with Crippen LogP contribution < -0.4 is 4.74 Å². The van der Waals surface area contributed by atoms with Crippen LogP contribution in [0.25, 0.3) is 0 Å². The Bertz CT molecular complexity index is 817. The molecule has 2 rings (SSSR count). The zero-order valence-electron chi connectivity index (χ0n) is 15.1. The van der Waals surface area contributed by atoms with Gasteiger partial charge in [0, 0.05) is 19.2 Å². The quantitative estimate of drug-likeness (QED) is 0.500. The van der Waals surface area contributed by atoms with Crippen LogP contribution in [0.1, 0.15) is 18.9 Å². The second kappa shape index (κ2) is 9.92. The van der Waals surface area contributed by atoms with Crippen molar-refractivity contribution in [1.82, 2.24) is 4.90 Å². The minimum Gasteiger partial charge on any atom is -0.474 e. The number of carbonyl (C=O) groups excluding carboxylic acids is 1. The lowest BCUT2D eigenvalue weighted by Crippen LogP contribution is -2.42. The van der Waals surface area contributed by atoms with E-state index in [1.807, 2.05) is 36.4 Å². The van der Waals surface area contributed by atoms with Crippen molar-refractivity contribution >= 4 is 11.6 Å². The van der Waals surface area contributed by atoms with Crippen LogP contribution in [0, 0.1) is 21.4 Å². The molecule has 0 aromatic heterocycles. The molecule has 0 N–H and O–H groups in total. The molecule has 140 valence electrons. The van der Waals surface area contributed by atoms with Gasteiger partial charge < -0.3 is 9.64 Å². The van der Waals surface area contributed by atoms with Gasteiger partial charge in [-0.1, -0.05) is 42.5 Å². The summed E-state index contributed by atoms with van der Waals surface area (Å²) in [5, 5.41) is 20.0. The van der Waals surface area contributed by atoms with Crippen LogP contribution in [0.5, 0.6) is 5.75 Å². The Morgan fingerprint density at radius 2 is 1.85 bits per heavy atom. The van der Waals surface area contributed by atoms with Crippen molar-refractivity contribution in [3.8, 4) is 11.8 Å². The molecule has 0 bridgehead atoms. The topological polar surface area (TPSA) is 96.5 Å². The lowest BCUT2D eigenvalue weighted by molar-refractivity contribution is -0.386. The van der Waals surface area contributed by atoms with E-state index in [9.17, 15) is 14.9 Å². The van der Waals surface area contributed by atoms with Gasteiger partial charge in [0.05, 0.1) is 17.4 Å². The molecular weight excluding hydrogens is 346 g/mol. The van der Waals surface area contributed by atoms with Crippen molar-refractivity contribution in [2.24, 2.45) is 0 Å². The summed E-state index contributed by atoms with van der Waals surface area (Å²) in [6.45, 7) is 2.28. The van der Waals surface area contributed by atoms with Crippen molar-refractivity contribution in [1.29, 1.82) is 5.26 Å². The van der Waals surface area contributed by atoms with Gasteiger partial charge >= 0.3 is 5.69 Å². The second-order valence-electron chi connectivity index (χ2n) is 5.95. The van der Waals surface area contributed by atoms with E-state index in [1.54, 1.807) is 17.9 Å². The summed E-state index contributed by atoms with van der Waals surface area (Å²) >= 11 is 0. The van der Waals surface area contributed by atoms with Crippen LogP contribution in [0.3, 0.4) is 0 Å². The lowest BCUT2D eigenvalue weighted by Gasteiger charge is -2.25. The fourth-order valence-corrected chi connectivity index (χ4v) is 2.63. The number of rotatable bonds is 9. The van der Waals surface area contributed by atoms with Gasteiger partial charge in [0.1, 0.15) is 0 Å². The van der Waals surface area contributed by atoms with E-state index >= 15 is 0 Å². The summed E-state index contributed by atoms with van der Waals surface area (Å²) in [4.78, 5) is 24.9. The van der Waals surface area contributed by atoms with E-state index in [1.165, 1.54) is 18.2 Å². The largest absolute Gasteiger partial charge is 0.474 e. The normalized spacial score (nSPS) is 11.3. The first-order chi connectivity index (χ1) is 13.0. The predicted octanol–water partition coefficient (Wildman–Crippen LogP) is 3.35. The van der Waals surface area contributed by atoms with Gasteiger partial charge in [0.25, 0.3) is 5.91 Å². The number of benzene rings is 2. The number of ether oxygens (including phenoxy) is 1. The van der Waals surface area contributed by atoms with Crippen LogP contribution in [0.4, 0.5) is 5.69 Å². The zero-order chi connectivity index (χ0) is 19.6. The third kappa shape index (κ3) is 5.82. The third-order valence-corrected chi connectivity index (χ3v) is 4.03. The molecule has 0 saturated carbocycles. The molecule has 0 radical (unpaired) electrons. The Balaban J connectivity index is 2.07. The molecule has 1 atom stereocenters. The molecule has 1 unspecified atom stereocenters. The molecule has 0 aliphatic rings. The highest BCUT2D eigenvalue weighted by Crippen LogP contribution is 2.27. The van der Waals surface area contributed by atoms with Gasteiger partial charge in [-0.2, -0.15) is 5.26 Å². The molecule has 2 aromatic rings. The summed E-state index contributed by atoms with van der Waals surface area (Å²) in [6, 6.07) is 17.7. The van der Waals surface area contributed by atoms with Crippen molar-refractivity contribution in [3.05, 3.63) is 70.3 Å². The molecule has 0 aliphatic heterocycles. The SMILES string of the molecule is CC(Oc1ccccc1[N+](=O)[O-])C(=O)N(CCC#N)CCc1ccccc1. The minimum atomic E-state index is -0.902. The van der Waals surface area contributed by atoms with Crippen LogP contribution >= 0.6 is 0 Å². The molecule has 0 saturated heterocycles. The summed E-state index contributed by atoms with van der Waals surface area (Å²) in [6.07, 6.45) is -0.0462. The molecule has 7 heteroatoms. The number of nitro benzene ring substituents is 1. The fraction of sp³-hybridized carbons (Fsp3) is 0.300. The first-order valence-corrected chi connectivity index (χ1v) is 8.62. The first-order valence-electron chi connectivity index (χ1n) is 8.62. The number of amides is 1. The smallest absolute Gasteiger partial charge is 0.310 e. The third-order valence-electron chi connectivity index (χ3n) is 4.03. The summed E-state index contributed by atoms with van der Waals surface area (Å²) in [5.74, 6) is -0.258. The van der Waals surface area contributed by atoms with E-state index in [-0.39, 0.29) is 30.3 Å². The van der Waals surface area contributed by atoms with Crippen LogP contribution in [0.2, 0.25) is 0 Å². The highest BCUT2D eigenvalue weighted by molar-refractivity contribution is 5.81. The standard InChI is InChI=1S/C20H21N3O4/c1-16(27-19-11-6-5-10-18(19)23(25)26)20(24)22(14-7-13-21)15-12-17-8-3-2-4-9-17/h2-6,8-11,16H,7,12,14-15H2,1H3. The monoisotopic (exact) mass is 367 g/mol. The maximum atomic E-state index is 12.8. The molecule has 0 aliphatic carbocycles. The van der Waals surface area contributed by atoms with Gasteiger partial charge in [0.15, 0.2) is 11.9 Å². The number of hydrogen-bond acceptors (Lipinski definition) is 5. The Labute approximate surface area is 157 Å². The van der Waals surface area contributed by atoms with Gasteiger partial charge in [-0.25, -0.2) is 0 Å². The second-order valence-corrected chi connectivity index (χ2v) is 5.95. The van der Waals surface area contributed by atoms with E-state index in [2.05, 4.69) is 0 Å². The van der Waals surface area contributed by atoms with Crippen molar-refractivity contribution in [2.75, 3.05) is 13.1 Å². The zero-order valence-corrected chi connectivity index (χ0v) is 15.1. The molecular formula is C20H21N3O4. The Morgan fingerprint density at radius 3 is 2.52 bits per heavy atom. The van der Waals surface area contributed by atoms with E-state index in [0.29, 0.717) is 13.0 Å². The van der Waals surface area contributed by atoms with Crippen LogP contribution in [-0.4, -0.2) is 34.9 Å². The molecule has 0 heterocycles. The van der Waals surface area contributed by atoms with Crippen molar-refractivity contribution in [2.45, 2.75) is 25.9 Å². The molecule has 7 nitrogen and oxygen atoms in total. The number of nitriles is 1. The molecule has 1 amide bonds. The first kappa shape index (κ1) is 19.9. The van der Waals surface area contributed by atoms with Gasteiger partial charge in [-0.15, -0.1) is 0 Å². The minimum absolute atomic E-state index is 0.0478. The average Bonchev–Trinajstić information content (AvgIpc) is 2.68. The fourth-order valence-electron chi connectivity index (χ4n) is 2.63. The number of carbonyl (C=O) groups is 1. The Kier molecular flexibility index (Phi) is 7.32. The molecule has 27 heavy (non-hydrogen) atoms. The van der Waals surface area contributed by atoms with E-state index in [4.69, 9.17) is 10.00 Å². The maximum absolute atomic E-state index is 12.8.